The molecular formula is C20H27N3O4. The highest BCUT2D eigenvalue weighted by Gasteiger charge is 2.51. The van der Waals surface area contributed by atoms with Crippen LogP contribution in [-0.4, -0.2) is 71.7 Å². The van der Waals surface area contributed by atoms with Gasteiger partial charge in [0.1, 0.15) is 0 Å². The summed E-state index contributed by atoms with van der Waals surface area (Å²) < 4.78 is 5.16. The van der Waals surface area contributed by atoms with Crippen molar-refractivity contribution in [2.75, 3.05) is 39.3 Å². The molecule has 4 rings (SSSR count). The standard InChI is InChI=1S/C20H27N3O4/c24-18(21-7-3-1-2-4-8-21)15-14-16(15)19(25)22-9-11-23(12-10-22)20(26)17-6-5-13-27-17/h5-6,13,15-16H,1-4,7-12,14H2. The van der Waals surface area contributed by atoms with Crippen molar-refractivity contribution in [3.63, 3.8) is 0 Å². The molecule has 27 heavy (non-hydrogen) atoms. The van der Waals surface area contributed by atoms with E-state index in [4.69, 9.17) is 4.42 Å². The summed E-state index contributed by atoms with van der Waals surface area (Å²) in [5, 5.41) is 0. The molecule has 7 nitrogen and oxygen atoms in total. The van der Waals surface area contributed by atoms with Gasteiger partial charge in [-0.2, -0.15) is 0 Å². The predicted molar refractivity (Wildman–Crippen MR) is 97.8 cm³/mol. The second-order valence-electron chi connectivity index (χ2n) is 7.78. The van der Waals surface area contributed by atoms with Crippen LogP contribution in [0.2, 0.25) is 0 Å². The predicted octanol–water partition coefficient (Wildman–Crippen LogP) is 1.60. The zero-order chi connectivity index (χ0) is 18.8. The van der Waals surface area contributed by atoms with Crippen LogP contribution in [0.15, 0.2) is 22.8 Å². The summed E-state index contributed by atoms with van der Waals surface area (Å²) in [6.45, 7) is 3.72. The summed E-state index contributed by atoms with van der Waals surface area (Å²) in [6.07, 6.45) is 6.70. The fourth-order valence-corrected chi connectivity index (χ4v) is 4.19. The Hall–Kier alpha value is -2.31. The average molecular weight is 373 g/mol. The van der Waals surface area contributed by atoms with E-state index in [9.17, 15) is 14.4 Å². The summed E-state index contributed by atoms with van der Waals surface area (Å²) >= 11 is 0. The normalized spacial score (nSPS) is 25.9. The Bertz CT molecular complexity index is 686. The molecule has 2 aliphatic heterocycles. The number of likely N-dealkylation sites (tertiary alicyclic amines) is 1. The van der Waals surface area contributed by atoms with Crippen LogP contribution in [0.5, 0.6) is 0 Å². The second-order valence-corrected chi connectivity index (χ2v) is 7.78. The molecule has 1 saturated carbocycles. The average Bonchev–Trinajstić information content (AvgIpc) is 3.40. The van der Waals surface area contributed by atoms with E-state index in [1.165, 1.54) is 19.1 Å². The van der Waals surface area contributed by atoms with Crippen LogP contribution in [0.3, 0.4) is 0 Å². The van der Waals surface area contributed by atoms with Gasteiger partial charge < -0.3 is 19.1 Å². The van der Waals surface area contributed by atoms with Gasteiger partial charge in [0.2, 0.25) is 11.8 Å². The molecule has 0 spiro atoms. The topological polar surface area (TPSA) is 74.1 Å². The zero-order valence-electron chi connectivity index (χ0n) is 15.6. The first kappa shape index (κ1) is 18.1. The third kappa shape index (κ3) is 3.87. The fraction of sp³-hybridized carbons (Fsp3) is 0.650. The van der Waals surface area contributed by atoms with E-state index >= 15 is 0 Å². The van der Waals surface area contributed by atoms with Crippen molar-refractivity contribution < 1.29 is 18.8 Å². The highest BCUT2D eigenvalue weighted by molar-refractivity contribution is 5.93. The summed E-state index contributed by atoms with van der Waals surface area (Å²) in [4.78, 5) is 43.2. The number of hydrogen-bond donors (Lipinski definition) is 0. The lowest BCUT2D eigenvalue weighted by atomic mass is 10.2. The van der Waals surface area contributed by atoms with Gasteiger partial charge in [0.05, 0.1) is 18.1 Å². The summed E-state index contributed by atoms with van der Waals surface area (Å²) in [6, 6.07) is 3.35. The quantitative estimate of drug-likeness (QED) is 0.807. The highest BCUT2D eigenvalue weighted by Crippen LogP contribution is 2.42. The van der Waals surface area contributed by atoms with Gasteiger partial charge >= 0.3 is 0 Å². The van der Waals surface area contributed by atoms with Crippen LogP contribution in [0.25, 0.3) is 0 Å². The monoisotopic (exact) mass is 373 g/mol. The number of furan rings is 1. The molecule has 3 aliphatic rings. The molecule has 0 aromatic carbocycles. The SMILES string of the molecule is O=C(c1ccco1)N1CCN(C(=O)C2CC2C(=O)N2CCCCCC2)CC1. The number of hydrogen-bond acceptors (Lipinski definition) is 4. The van der Waals surface area contributed by atoms with Crippen molar-refractivity contribution in [1.29, 1.82) is 0 Å². The van der Waals surface area contributed by atoms with Gasteiger partial charge in [0.15, 0.2) is 5.76 Å². The van der Waals surface area contributed by atoms with E-state index in [1.54, 1.807) is 17.0 Å². The third-order valence-corrected chi connectivity index (χ3v) is 5.95. The highest BCUT2D eigenvalue weighted by atomic mass is 16.3. The van der Waals surface area contributed by atoms with Crippen molar-refractivity contribution in [3.05, 3.63) is 24.2 Å². The Balaban J connectivity index is 1.26. The summed E-state index contributed by atoms with van der Waals surface area (Å²) in [5.74, 6) is 0.162. The minimum atomic E-state index is -0.159. The molecule has 2 atom stereocenters. The largest absolute Gasteiger partial charge is 0.459 e. The molecular weight excluding hydrogens is 346 g/mol. The molecule has 1 aromatic rings. The minimum absolute atomic E-state index is 0.0771. The van der Waals surface area contributed by atoms with Crippen molar-refractivity contribution in [1.82, 2.24) is 14.7 Å². The van der Waals surface area contributed by atoms with Gasteiger partial charge in [0, 0.05) is 39.3 Å². The van der Waals surface area contributed by atoms with E-state index < -0.39 is 0 Å². The van der Waals surface area contributed by atoms with Gasteiger partial charge in [-0.05, 0) is 31.4 Å². The zero-order valence-corrected chi connectivity index (χ0v) is 15.6. The van der Waals surface area contributed by atoms with E-state index in [2.05, 4.69) is 0 Å². The number of rotatable bonds is 3. The molecule has 2 saturated heterocycles. The fourth-order valence-electron chi connectivity index (χ4n) is 4.19. The molecule has 0 radical (unpaired) electrons. The number of piperazine rings is 1. The van der Waals surface area contributed by atoms with Gasteiger partial charge in [0.25, 0.3) is 5.91 Å². The number of nitrogens with zero attached hydrogens (tertiary/aromatic N) is 3. The van der Waals surface area contributed by atoms with Crippen LogP contribution in [0.1, 0.15) is 42.7 Å². The Morgan fingerprint density at radius 2 is 1.33 bits per heavy atom. The van der Waals surface area contributed by atoms with Crippen LogP contribution in [-0.2, 0) is 9.59 Å². The molecule has 3 amide bonds. The molecule has 3 fully saturated rings. The maximum Gasteiger partial charge on any atom is 0.289 e. The summed E-state index contributed by atoms with van der Waals surface area (Å²) in [7, 11) is 0. The molecule has 146 valence electrons. The number of amides is 3. The van der Waals surface area contributed by atoms with Crippen LogP contribution in [0.4, 0.5) is 0 Å². The molecule has 0 bridgehead atoms. The number of carbonyl (C=O) groups excluding carboxylic acids is 3. The van der Waals surface area contributed by atoms with Crippen LogP contribution in [0, 0.1) is 11.8 Å². The van der Waals surface area contributed by atoms with Gasteiger partial charge in [-0.25, -0.2) is 0 Å². The van der Waals surface area contributed by atoms with Crippen LogP contribution < -0.4 is 0 Å². The van der Waals surface area contributed by atoms with E-state index in [1.807, 2.05) is 9.80 Å². The maximum atomic E-state index is 12.8. The first-order valence-electron chi connectivity index (χ1n) is 10.1. The molecule has 0 N–H and O–H groups in total. The van der Waals surface area contributed by atoms with E-state index in [0.29, 0.717) is 38.4 Å². The van der Waals surface area contributed by atoms with Gasteiger partial charge in [-0.1, -0.05) is 12.8 Å². The lowest BCUT2D eigenvalue weighted by Gasteiger charge is -2.34. The first-order chi connectivity index (χ1) is 13.1. The lowest BCUT2D eigenvalue weighted by Crippen LogP contribution is -2.51. The summed E-state index contributed by atoms with van der Waals surface area (Å²) in [5.41, 5.74) is 0. The van der Waals surface area contributed by atoms with Gasteiger partial charge in [-0.3, -0.25) is 14.4 Å². The first-order valence-corrected chi connectivity index (χ1v) is 10.1. The van der Waals surface area contributed by atoms with Crippen molar-refractivity contribution in [2.45, 2.75) is 32.1 Å². The molecule has 2 unspecified atom stereocenters. The molecule has 7 heteroatoms. The van der Waals surface area contributed by atoms with E-state index in [-0.39, 0.29) is 29.6 Å². The second kappa shape index (κ2) is 7.74. The molecule has 1 aromatic heterocycles. The maximum absolute atomic E-state index is 12.8. The van der Waals surface area contributed by atoms with Gasteiger partial charge in [-0.15, -0.1) is 0 Å². The molecule has 1 aliphatic carbocycles. The molecule has 3 heterocycles. The smallest absolute Gasteiger partial charge is 0.289 e. The van der Waals surface area contributed by atoms with Crippen molar-refractivity contribution >= 4 is 17.7 Å². The van der Waals surface area contributed by atoms with Crippen molar-refractivity contribution in [3.8, 4) is 0 Å². The third-order valence-electron chi connectivity index (χ3n) is 5.95. The Kier molecular flexibility index (Phi) is 5.18. The van der Waals surface area contributed by atoms with E-state index in [0.717, 1.165) is 25.9 Å². The van der Waals surface area contributed by atoms with Crippen molar-refractivity contribution in [2.24, 2.45) is 11.8 Å². The Morgan fingerprint density at radius 1 is 0.778 bits per heavy atom. The Morgan fingerprint density at radius 3 is 1.89 bits per heavy atom. The van der Waals surface area contributed by atoms with Crippen LogP contribution >= 0.6 is 0 Å². The number of carbonyl (C=O) groups is 3. The Labute approximate surface area is 159 Å². The minimum Gasteiger partial charge on any atom is -0.459 e. The lowest BCUT2D eigenvalue weighted by molar-refractivity contribution is -0.138.